The average Bonchev–Trinajstić information content (AvgIpc) is 2.86. The van der Waals surface area contributed by atoms with Crippen LogP contribution in [0.25, 0.3) is 5.57 Å². The van der Waals surface area contributed by atoms with E-state index in [1.54, 1.807) is 19.2 Å². The summed E-state index contributed by atoms with van der Waals surface area (Å²) in [6.07, 6.45) is -0.268. The average molecular weight is 549 g/mol. The van der Waals surface area contributed by atoms with Crippen LogP contribution in [0.2, 0.25) is 0 Å². The van der Waals surface area contributed by atoms with Gasteiger partial charge in [0.2, 0.25) is 5.76 Å². The van der Waals surface area contributed by atoms with Gasteiger partial charge in [-0.2, -0.15) is 0 Å². The number of phenolic OH excluding ortho intramolecular Hbond substituents is 1. The summed E-state index contributed by atoms with van der Waals surface area (Å²) in [6.45, 7) is 0. The van der Waals surface area contributed by atoms with Crippen LogP contribution >= 0.6 is 47.8 Å². The van der Waals surface area contributed by atoms with Crippen LogP contribution in [-0.4, -0.2) is 29.4 Å². The summed E-state index contributed by atoms with van der Waals surface area (Å²) in [4.78, 5) is 11.9. The molecular weight excluding hydrogens is 536 g/mol. The molecule has 0 amide bonds. The van der Waals surface area contributed by atoms with Crippen molar-refractivity contribution in [2.75, 3.05) is 7.11 Å². The summed E-state index contributed by atoms with van der Waals surface area (Å²) in [7, 11) is 1.58. The second kappa shape index (κ2) is 7.62. The Morgan fingerprint density at radius 3 is 2.31 bits per heavy atom. The number of hydrogen-bond donors (Lipinski definition) is 2. The number of benzene rings is 2. The van der Waals surface area contributed by atoms with Gasteiger partial charge in [0.1, 0.15) is 17.6 Å². The zero-order chi connectivity index (χ0) is 19.0. The first-order chi connectivity index (χ1) is 12.3. The van der Waals surface area contributed by atoms with E-state index < -0.39 is 17.8 Å². The molecular formula is C18H13Br3O5. The van der Waals surface area contributed by atoms with Crippen LogP contribution in [0.4, 0.5) is 0 Å². The highest BCUT2D eigenvalue weighted by Crippen LogP contribution is 2.40. The lowest BCUT2D eigenvalue weighted by atomic mass is 9.95. The molecule has 0 saturated heterocycles. The molecule has 2 N–H and O–H groups in total. The Balaban J connectivity index is 1.97. The zero-order valence-corrected chi connectivity index (χ0v) is 18.2. The molecule has 0 radical (unpaired) electrons. The molecule has 1 heterocycles. The van der Waals surface area contributed by atoms with Crippen LogP contribution in [0.3, 0.4) is 0 Å². The lowest BCUT2D eigenvalue weighted by Crippen LogP contribution is -2.14. The van der Waals surface area contributed by atoms with E-state index >= 15 is 0 Å². The molecule has 0 bridgehead atoms. The molecule has 0 spiro atoms. The molecule has 8 heteroatoms. The molecule has 5 nitrogen and oxygen atoms in total. The number of cyclic esters (lactones) is 1. The topological polar surface area (TPSA) is 76.0 Å². The van der Waals surface area contributed by atoms with Crippen molar-refractivity contribution in [2.24, 2.45) is 0 Å². The Labute approximate surface area is 175 Å². The van der Waals surface area contributed by atoms with Crippen LogP contribution in [0.15, 0.2) is 49.5 Å². The summed E-state index contributed by atoms with van der Waals surface area (Å²) in [5.41, 5.74) is 1.85. The number of ether oxygens (including phenoxy) is 2. The molecule has 2 aromatic rings. The monoisotopic (exact) mass is 546 g/mol. The van der Waals surface area contributed by atoms with Crippen molar-refractivity contribution >= 4 is 59.3 Å². The number of esters is 1. The SMILES string of the molecule is COc1ccc(C[C@@H]2OC(=O)C(O)=C2c2cc(Br)c(O)c(Br)c2)cc1Br. The Kier molecular flexibility index (Phi) is 5.64. The predicted molar refractivity (Wildman–Crippen MR) is 107 cm³/mol. The van der Waals surface area contributed by atoms with Crippen LogP contribution in [0, 0.1) is 0 Å². The van der Waals surface area contributed by atoms with Crippen molar-refractivity contribution in [1.29, 1.82) is 0 Å². The van der Waals surface area contributed by atoms with E-state index in [0.717, 1.165) is 10.0 Å². The quantitative estimate of drug-likeness (QED) is 0.518. The molecule has 1 aliphatic rings. The van der Waals surface area contributed by atoms with Gasteiger partial charge >= 0.3 is 5.97 Å². The second-order valence-corrected chi connectivity index (χ2v) is 8.18. The van der Waals surface area contributed by atoms with Gasteiger partial charge in [-0.25, -0.2) is 4.79 Å². The van der Waals surface area contributed by atoms with Crippen molar-refractivity contribution in [1.82, 2.24) is 0 Å². The number of phenols is 1. The Morgan fingerprint density at radius 1 is 1.08 bits per heavy atom. The van der Waals surface area contributed by atoms with E-state index in [4.69, 9.17) is 9.47 Å². The summed E-state index contributed by atoms with van der Waals surface area (Å²) in [6, 6.07) is 8.82. The molecule has 0 aliphatic carbocycles. The molecule has 0 unspecified atom stereocenters. The third-order valence-electron chi connectivity index (χ3n) is 3.98. The van der Waals surface area contributed by atoms with E-state index in [1.165, 1.54) is 0 Å². The molecule has 136 valence electrons. The van der Waals surface area contributed by atoms with Gasteiger partial charge in [-0.05, 0) is 83.2 Å². The number of halogens is 3. The van der Waals surface area contributed by atoms with Gasteiger partial charge in [-0.15, -0.1) is 0 Å². The Bertz CT molecular complexity index is 900. The number of hydrogen-bond acceptors (Lipinski definition) is 5. The Morgan fingerprint density at radius 2 is 1.73 bits per heavy atom. The molecule has 1 aliphatic heterocycles. The van der Waals surface area contributed by atoms with Crippen LogP contribution in [-0.2, 0) is 16.0 Å². The van der Waals surface area contributed by atoms with Crippen molar-refractivity contribution in [3.05, 3.63) is 60.6 Å². The fraction of sp³-hybridized carbons (Fsp3) is 0.167. The number of carbonyl (C=O) groups excluding carboxylic acids is 1. The van der Waals surface area contributed by atoms with Crippen molar-refractivity contribution in [2.45, 2.75) is 12.5 Å². The van der Waals surface area contributed by atoms with Gasteiger partial charge in [0.25, 0.3) is 0 Å². The normalized spacial score (nSPS) is 16.8. The lowest BCUT2D eigenvalue weighted by molar-refractivity contribution is -0.141. The third-order valence-corrected chi connectivity index (χ3v) is 5.81. The molecule has 3 rings (SSSR count). The van der Waals surface area contributed by atoms with E-state index in [0.29, 0.717) is 32.3 Å². The number of carbonyl (C=O) groups is 1. The number of aliphatic hydroxyl groups excluding tert-OH is 1. The van der Waals surface area contributed by atoms with Crippen molar-refractivity contribution in [3.63, 3.8) is 0 Å². The highest BCUT2D eigenvalue weighted by atomic mass is 79.9. The van der Waals surface area contributed by atoms with Gasteiger partial charge < -0.3 is 19.7 Å². The van der Waals surface area contributed by atoms with Gasteiger partial charge in [0.15, 0.2) is 0 Å². The highest BCUT2D eigenvalue weighted by molar-refractivity contribution is 9.11. The smallest absolute Gasteiger partial charge is 0.374 e. The highest BCUT2D eigenvalue weighted by Gasteiger charge is 2.35. The lowest BCUT2D eigenvalue weighted by Gasteiger charge is -2.16. The summed E-state index contributed by atoms with van der Waals surface area (Å²) in [5.74, 6) is -0.457. The first-order valence-corrected chi connectivity index (χ1v) is 9.84. The number of aliphatic hydroxyl groups is 1. The van der Waals surface area contributed by atoms with Crippen LogP contribution in [0.5, 0.6) is 11.5 Å². The molecule has 2 aromatic carbocycles. The Hall–Kier alpha value is -1.51. The first-order valence-electron chi connectivity index (χ1n) is 7.46. The minimum Gasteiger partial charge on any atom is -0.506 e. The van der Waals surface area contributed by atoms with Crippen molar-refractivity contribution in [3.8, 4) is 11.5 Å². The van der Waals surface area contributed by atoms with Gasteiger partial charge in [0.05, 0.1) is 20.5 Å². The summed E-state index contributed by atoms with van der Waals surface area (Å²) < 4.78 is 12.2. The zero-order valence-electron chi connectivity index (χ0n) is 13.4. The summed E-state index contributed by atoms with van der Waals surface area (Å²) >= 11 is 9.96. The van der Waals surface area contributed by atoms with E-state index in [1.807, 2.05) is 18.2 Å². The maximum absolute atomic E-state index is 11.9. The predicted octanol–water partition coefficient (Wildman–Crippen LogP) is 5.13. The van der Waals surface area contributed by atoms with Crippen molar-refractivity contribution < 1.29 is 24.5 Å². The maximum atomic E-state index is 11.9. The fourth-order valence-corrected chi connectivity index (χ4v) is 4.52. The minimum atomic E-state index is -0.766. The van der Waals surface area contributed by atoms with Gasteiger partial charge in [-0.3, -0.25) is 0 Å². The third kappa shape index (κ3) is 3.63. The van der Waals surface area contributed by atoms with Gasteiger partial charge in [0, 0.05) is 12.0 Å². The summed E-state index contributed by atoms with van der Waals surface area (Å²) in [5, 5.41) is 20.1. The standard InChI is InChI=1S/C18H13Br3O5/c1-25-13-3-2-8(4-10(13)19)5-14-15(17(23)18(24)26-14)9-6-11(20)16(22)12(21)7-9/h2-4,6-7,14,22-23H,5H2,1H3/t14-/m0/s1. The largest absolute Gasteiger partial charge is 0.506 e. The molecule has 0 aromatic heterocycles. The van der Waals surface area contributed by atoms with Crippen LogP contribution in [0.1, 0.15) is 11.1 Å². The first kappa shape index (κ1) is 19.3. The number of aromatic hydroxyl groups is 1. The second-order valence-electron chi connectivity index (χ2n) is 5.62. The number of rotatable bonds is 4. The van der Waals surface area contributed by atoms with E-state index in [2.05, 4.69) is 47.8 Å². The number of methoxy groups -OCH3 is 1. The minimum absolute atomic E-state index is 0.0368. The fourth-order valence-electron chi connectivity index (χ4n) is 2.74. The molecule has 0 saturated carbocycles. The van der Waals surface area contributed by atoms with Crippen LogP contribution < -0.4 is 4.74 Å². The molecule has 0 fully saturated rings. The van der Waals surface area contributed by atoms with E-state index in [-0.39, 0.29) is 5.75 Å². The maximum Gasteiger partial charge on any atom is 0.374 e. The van der Waals surface area contributed by atoms with Gasteiger partial charge in [-0.1, -0.05) is 6.07 Å². The molecule has 1 atom stereocenters. The van der Waals surface area contributed by atoms with E-state index in [9.17, 15) is 15.0 Å². The molecule has 26 heavy (non-hydrogen) atoms.